The number of aliphatic hydroxyl groups excluding tert-OH is 1. The number of aromatic nitrogens is 2. The molecular weight excluding hydrogens is 380 g/mol. The molecule has 7 heteroatoms. The van der Waals surface area contributed by atoms with E-state index in [1.807, 2.05) is 42.5 Å². The van der Waals surface area contributed by atoms with Crippen LogP contribution in [0.4, 0.5) is 11.4 Å². The second-order valence-corrected chi connectivity index (χ2v) is 7.60. The first-order valence-electron chi connectivity index (χ1n) is 9.99. The van der Waals surface area contributed by atoms with Gasteiger partial charge in [-0.1, -0.05) is 18.2 Å². The molecule has 2 atom stereocenters. The van der Waals surface area contributed by atoms with Gasteiger partial charge in [0.25, 0.3) is 0 Å². The van der Waals surface area contributed by atoms with E-state index in [2.05, 4.69) is 20.6 Å². The number of nitrogens with one attached hydrogen (secondary N) is 3. The van der Waals surface area contributed by atoms with E-state index in [1.165, 1.54) is 0 Å². The summed E-state index contributed by atoms with van der Waals surface area (Å²) in [5.41, 5.74) is 4.78. The van der Waals surface area contributed by atoms with Gasteiger partial charge in [-0.25, -0.2) is 0 Å². The number of anilines is 2. The van der Waals surface area contributed by atoms with E-state index >= 15 is 0 Å². The maximum atomic E-state index is 13.1. The van der Waals surface area contributed by atoms with Crippen LogP contribution in [-0.4, -0.2) is 38.9 Å². The number of nitrogens with zero attached hydrogens (tertiary/aromatic N) is 1. The highest BCUT2D eigenvalue weighted by molar-refractivity contribution is 6.08. The number of benzene rings is 1. The van der Waals surface area contributed by atoms with Crippen molar-refractivity contribution in [2.24, 2.45) is 0 Å². The van der Waals surface area contributed by atoms with E-state index in [-0.39, 0.29) is 30.6 Å². The molecule has 0 radical (unpaired) electrons. The van der Waals surface area contributed by atoms with Gasteiger partial charge in [0.05, 0.1) is 29.5 Å². The molecule has 7 nitrogen and oxygen atoms in total. The first kappa shape index (κ1) is 19.8. The Bertz CT molecular complexity index is 1050. The Morgan fingerprint density at radius 2 is 1.93 bits per heavy atom. The first-order chi connectivity index (χ1) is 14.5. The molecule has 1 aliphatic carbocycles. The first-order valence-corrected chi connectivity index (χ1v) is 9.99. The van der Waals surface area contributed by atoms with Crippen molar-refractivity contribution < 1.29 is 14.7 Å². The maximum Gasteiger partial charge on any atom is 0.222 e. The zero-order valence-electron chi connectivity index (χ0n) is 16.7. The van der Waals surface area contributed by atoms with E-state index in [0.29, 0.717) is 12.0 Å². The predicted molar refractivity (Wildman–Crippen MR) is 115 cm³/mol. The molecule has 4 rings (SSSR count). The Balaban J connectivity index is 1.69. The number of pyridine rings is 1. The molecule has 154 valence electrons. The number of ketones is 1. The number of amides is 1. The fourth-order valence-electron chi connectivity index (χ4n) is 3.84. The standard InChI is InChI=1S/C23H24N4O3/c1-14(28)11-20(30)25-17-12-18-21(19(29)13-17)23(26-16-5-3-2-4-6-16)22(27-18)15-7-9-24-10-8-15/h2-10,14,17,26-28H,11-13H2,1H3,(H,25,30). The molecule has 2 aromatic heterocycles. The topological polar surface area (TPSA) is 107 Å². The van der Waals surface area contributed by atoms with Gasteiger partial charge >= 0.3 is 0 Å². The lowest BCUT2D eigenvalue weighted by molar-refractivity contribution is -0.123. The number of para-hydroxylation sites is 1. The minimum absolute atomic E-state index is 0.0192. The van der Waals surface area contributed by atoms with E-state index < -0.39 is 6.10 Å². The third kappa shape index (κ3) is 4.26. The molecule has 1 amide bonds. The van der Waals surface area contributed by atoms with E-state index in [4.69, 9.17) is 0 Å². The number of carbonyl (C=O) groups excluding carboxylic acids is 2. The summed E-state index contributed by atoms with van der Waals surface area (Å²) in [5, 5.41) is 15.7. The van der Waals surface area contributed by atoms with Gasteiger partial charge in [-0.15, -0.1) is 0 Å². The van der Waals surface area contributed by atoms with Gasteiger partial charge in [0.15, 0.2) is 5.78 Å². The van der Waals surface area contributed by atoms with Crippen LogP contribution in [0.2, 0.25) is 0 Å². The maximum absolute atomic E-state index is 13.1. The van der Waals surface area contributed by atoms with E-state index in [0.717, 1.165) is 28.3 Å². The summed E-state index contributed by atoms with van der Waals surface area (Å²) < 4.78 is 0. The van der Waals surface area contributed by atoms with Crippen molar-refractivity contribution >= 4 is 23.1 Å². The molecule has 0 fully saturated rings. The lowest BCUT2D eigenvalue weighted by Gasteiger charge is -2.23. The van der Waals surface area contributed by atoms with Crippen LogP contribution in [0.3, 0.4) is 0 Å². The monoisotopic (exact) mass is 404 g/mol. The number of aromatic amines is 1. The number of H-pyrrole nitrogens is 1. The van der Waals surface area contributed by atoms with Crippen LogP contribution in [0.25, 0.3) is 11.3 Å². The van der Waals surface area contributed by atoms with Gasteiger partial charge in [-0.05, 0) is 31.2 Å². The Morgan fingerprint density at radius 3 is 2.63 bits per heavy atom. The van der Waals surface area contributed by atoms with Gasteiger partial charge in [-0.3, -0.25) is 14.6 Å². The zero-order chi connectivity index (χ0) is 21.1. The third-order valence-corrected chi connectivity index (χ3v) is 5.10. The highest BCUT2D eigenvalue weighted by Crippen LogP contribution is 2.38. The number of hydrogen-bond donors (Lipinski definition) is 4. The summed E-state index contributed by atoms with van der Waals surface area (Å²) in [6.07, 6.45) is 3.46. The SMILES string of the molecule is CC(O)CC(=O)NC1CC(=O)c2c([nH]c(-c3ccncc3)c2Nc2ccccc2)C1. The summed E-state index contributed by atoms with van der Waals surface area (Å²) in [4.78, 5) is 32.6. The molecule has 1 aliphatic rings. The molecule has 2 unspecified atom stereocenters. The van der Waals surface area contributed by atoms with Crippen LogP contribution in [0, 0.1) is 0 Å². The van der Waals surface area contributed by atoms with Crippen molar-refractivity contribution in [3.8, 4) is 11.3 Å². The van der Waals surface area contributed by atoms with Crippen LogP contribution in [0.15, 0.2) is 54.9 Å². The largest absolute Gasteiger partial charge is 0.393 e. The van der Waals surface area contributed by atoms with Crippen LogP contribution in [0.1, 0.15) is 35.8 Å². The third-order valence-electron chi connectivity index (χ3n) is 5.10. The van der Waals surface area contributed by atoms with E-state index in [9.17, 15) is 14.7 Å². The summed E-state index contributed by atoms with van der Waals surface area (Å²) >= 11 is 0. The Hall–Kier alpha value is -3.45. The molecule has 0 spiro atoms. The van der Waals surface area contributed by atoms with Crippen LogP contribution >= 0.6 is 0 Å². The summed E-state index contributed by atoms with van der Waals surface area (Å²) in [5.74, 6) is -0.289. The molecule has 0 aliphatic heterocycles. The van der Waals surface area contributed by atoms with Crippen molar-refractivity contribution in [3.05, 3.63) is 66.1 Å². The Kier molecular flexibility index (Phi) is 5.63. The minimum Gasteiger partial charge on any atom is -0.393 e. The summed E-state index contributed by atoms with van der Waals surface area (Å²) in [6, 6.07) is 13.2. The smallest absolute Gasteiger partial charge is 0.222 e. The Labute approximate surface area is 174 Å². The molecule has 0 saturated heterocycles. The number of carbonyl (C=O) groups is 2. The summed E-state index contributed by atoms with van der Waals surface area (Å²) in [7, 11) is 0. The Morgan fingerprint density at radius 1 is 1.20 bits per heavy atom. The number of hydrogen-bond acceptors (Lipinski definition) is 5. The lowest BCUT2D eigenvalue weighted by atomic mass is 9.90. The fraction of sp³-hybridized carbons (Fsp3) is 0.261. The normalized spacial score (nSPS) is 16.6. The van der Waals surface area contributed by atoms with Crippen molar-refractivity contribution in [2.45, 2.75) is 38.3 Å². The summed E-state index contributed by atoms with van der Waals surface area (Å²) in [6.45, 7) is 1.57. The van der Waals surface area contributed by atoms with Gasteiger partial charge < -0.3 is 20.7 Å². The van der Waals surface area contributed by atoms with Crippen LogP contribution in [-0.2, 0) is 11.2 Å². The zero-order valence-corrected chi connectivity index (χ0v) is 16.7. The van der Waals surface area contributed by atoms with Gasteiger partial charge in [0.2, 0.25) is 5.91 Å². The molecule has 3 aromatic rings. The number of Topliss-reactive ketones (excluding diaryl/α,β-unsaturated/α-hetero) is 1. The molecule has 30 heavy (non-hydrogen) atoms. The number of fused-ring (bicyclic) bond motifs is 1. The average molecular weight is 404 g/mol. The van der Waals surface area contributed by atoms with Gasteiger partial charge in [0, 0.05) is 48.2 Å². The molecule has 0 bridgehead atoms. The molecule has 1 aromatic carbocycles. The molecular formula is C23H24N4O3. The average Bonchev–Trinajstić information content (AvgIpc) is 3.07. The molecule has 0 saturated carbocycles. The minimum atomic E-state index is -0.717. The van der Waals surface area contributed by atoms with Crippen molar-refractivity contribution in [2.75, 3.05) is 5.32 Å². The van der Waals surface area contributed by atoms with E-state index in [1.54, 1.807) is 19.3 Å². The van der Waals surface area contributed by atoms with Gasteiger partial charge in [0.1, 0.15) is 0 Å². The van der Waals surface area contributed by atoms with Gasteiger partial charge in [-0.2, -0.15) is 0 Å². The number of aliphatic hydroxyl groups is 1. The lowest BCUT2D eigenvalue weighted by Crippen LogP contribution is -2.41. The van der Waals surface area contributed by atoms with Crippen LogP contribution < -0.4 is 10.6 Å². The quantitative estimate of drug-likeness (QED) is 0.505. The number of rotatable bonds is 6. The van der Waals surface area contributed by atoms with Crippen LogP contribution in [0.5, 0.6) is 0 Å². The van der Waals surface area contributed by atoms with Crippen molar-refractivity contribution in [1.29, 1.82) is 0 Å². The molecule has 4 N–H and O–H groups in total. The second-order valence-electron chi connectivity index (χ2n) is 7.60. The van der Waals surface area contributed by atoms with Crippen molar-refractivity contribution in [1.82, 2.24) is 15.3 Å². The highest BCUT2D eigenvalue weighted by Gasteiger charge is 2.32. The predicted octanol–water partition coefficient (Wildman–Crippen LogP) is 3.20. The van der Waals surface area contributed by atoms with Crippen molar-refractivity contribution in [3.63, 3.8) is 0 Å². The molecule has 2 heterocycles. The second kappa shape index (κ2) is 8.51. The fourth-order valence-corrected chi connectivity index (χ4v) is 3.84. The highest BCUT2D eigenvalue weighted by atomic mass is 16.3.